The molecule has 0 spiro atoms. The van der Waals surface area contributed by atoms with Crippen molar-refractivity contribution in [2.45, 2.75) is 56.3 Å². The predicted octanol–water partition coefficient (Wildman–Crippen LogP) is 3.45. The Morgan fingerprint density at radius 1 is 1.17 bits per heavy atom. The highest BCUT2D eigenvalue weighted by molar-refractivity contribution is 5.98. The minimum Gasteiger partial charge on any atom is -0.408 e. The smallest absolute Gasteiger partial charge is 0.408 e. The van der Waals surface area contributed by atoms with Gasteiger partial charge in [-0.05, 0) is 31.4 Å². The number of methoxy groups -OCH3 is 1. The van der Waals surface area contributed by atoms with Crippen molar-refractivity contribution in [1.82, 2.24) is 24.3 Å². The zero-order valence-corrected chi connectivity index (χ0v) is 23.4. The summed E-state index contributed by atoms with van der Waals surface area (Å²) in [6.07, 6.45) is 5.60. The van der Waals surface area contributed by atoms with Gasteiger partial charge in [-0.15, -0.1) is 0 Å². The van der Waals surface area contributed by atoms with E-state index in [1.807, 2.05) is 58.0 Å². The van der Waals surface area contributed by atoms with Gasteiger partial charge >= 0.3 is 5.76 Å². The van der Waals surface area contributed by atoms with E-state index in [1.54, 1.807) is 24.1 Å². The number of ether oxygens (including phenoxy) is 1. The Labute approximate surface area is 238 Å². The Bertz CT molecular complexity index is 1560. The number of aromatic nitrogens is 3. The molecule has 0 bridgehead atoms. The topological polar surface area (TPSA) is 115 Å². The number of nitrogens with zero attached hydrogens (tertiary/aromatic N) is 4. The third kappa shape index (κ3) is 5.23. The van der Waals surface area contributed by atoms with Crippen LogP contribution in [-0.4, -0.2) is 75.0 Å². The van der Waals surface area contributed by atoms with Crippen LogP contribution in [0.4, 0.5) is 0 Å². The lowest BCUT2D eigenvalue weighted by Gasteiger charge is -2.41. The SMILES string of the molecule is COC[C@]1(O)CCCC[C@H]1n1cnc(C(=O)N2CCNC[C@H]2CCn2c(=O)oc3ccccc32)c1-c1ccccc1. The second-order valence-electron chi connectivity index (χ2n) is 11.1. The fourth-order valence-electron chi connectivity index (χ4n) is 6.58. The van der Waals surface area contributed by atoms with Crippen LogP contribution < -0.4 is 11.1 Å². The predicted molar refractivity (Wildman–Crippen MR) is 155 cm³/mol. The van der Waals surface area contributed by atoms with E-state index in [0.29, 0.717) is 56.0 Å². The number of para-hydroxylation sites is 2. The Hall–Kier alpha value is -3.73. The Morgan fingerprint density at radius 3 is 2.80 bits per heavy atom. The molecule has 41 heavy (non-hydrogen) atoms. The maximum atomic E-state index is 14.3. The summed E-state index contributed by atoms with van der Waals surface area (Å²) in [5.41, 5.74) is 2.23. The number of fused-ring (bicyclic) bond motifs is 1. The van der Waals surface area contributed by atoms with Gasteiger partial charge in [0, 0.05) is 44.9 Å². The highest BCUT2D eigenvalue weighted by Gasteiger charge is 2.42. The maximum Gasteiger partial charge on any atom is 0.419 e. The monoisotopic (exact) mass is 559 g/mol. The summed E-state index contributed by atoms with van der Waals surface area (Å²) in [7, 11) is 1.61. The van der Waals surface area contributed by atoms with Crippen molar-refractivity contribution in [2.24, 2.45) is 0 Å². The molecule has 1 amide bonds. The van der Waals surface area contributed by atoms with E-state index >= 15 is 0 Å². The number of carbonyl (C=O) groups excluding carboxylic acids is 1. The number of imidazole rings is 1. The summed E-state index contributed by atoms with van der Waals surface area (Å²) < 4.78 is 14.5. The van der Waals surface area contributed by atoms with E-state index in [1.165, 1.54) is 0 Å². The molecular formula is C31H37N5O5. The first kappa shape index (κ1) is 27.4. The van der Waals surface area contributed by atoms with Crippen LogP contribution in [-0.2, 0) is 11.3 Å². The van der Waals surface area contributed by atoms with E-state index < -0.39 is 11.4 Å². The number of piperazine rings is 1. The van der Waals surface area contributed by atoms with Gasteiger partial charge in [-0.1, -0.05) is 55.3 Å². The summed E-state index contributed by atoms with van der Waals surface area (Å²) in [4.78, 5) is 33.4. The average molecular weight is 560 g/mol. The van der Waals surface area contributed by atoms with Crippen LogP contribution in [0.3, 0.4) is 0 Å². The van der Waals surface area contributed by atoms with Crippen LogP contribution in [0.15, 0.2) is 70.1 Å². The first-order valence-electron chi connectivity index (χ1n) is 14.4. The minimum absolute atomic E-state index is 0.134. The van der Waals surface area contributed by atoms with Gasteiger partial charge in [0.1, 0.15) is 5.60 Å². The molecule has 0 radical (unpaired) electrons. The van der Waals surface area contributed by atoms with Crippen LogP contribution in [0.5, 0.6) is 0 Å². The molecule has 1 aliphatic heterocycles. The zero-order valence-electron chi connectivity index (χ0n) is 23.4. The van der Waals surface area contributed by atoms with Gasteiger partial charge < -0.3 is 29.0 Å². The second-order valence-corrected chi connectivity index (χ2v) is 11.1. The fraction of sp³-hybridized carbons (Fsp3) is 0.452. The molecule has 3 heterocycles. The first-order valence-corrected chi connectivity index (χ1v) is 14.4. The lowest BCUT2D eigenvalue weighted by Crippen LogP contribution is -2.54. The second kappa shape index (κ2) is 11.6. The highest BCUT2D eigenvalue weighted by Crippen LogP contribution is 2.41. The van der Waals surface area contributed by atoms with Crippen molar-refractivity contribution in [1.29, 1.82) is 0 Å². The van der Waals surface area contributed by atoms with Crippen LogP contribution >= 0.6 is 0 Å². The highest BCUT2D eigenvalue weighted by atomic mass is 16.5. The molecule has 10 nitrogen and oxygen atoms in total. The van der Waals surface area contributed by atoms with Gasteiger partial charge in [-0.3, -0.25) is 9.36 Å². The molecule has 2 fully saturated rings. The van der Waals surface area contributed by atoms with E-state index in [-0.39, 0.29) is 24.6 Å². The molecule has 216 valence electrons. The molecule has 2 aliphatic rings. The molecular weight excluding hydrogens is 522 g/mol. The summed E-state index contributed by atoms with van der Waals surface area (Å²) >= 11 is 0. The van der Waals surface area contributed by atoms with Crippen molar-refractivity contribution in [3.05, 3.63) is 77.2 Å². The number of nitrogens with one attached hydrogen (secondary N) is 1. The molecule has 3 atom stereocenters. The van der Waals surface area contributed by atoms with Gasteiger partial charge in [0.2, 0.25) is 0 Å². The molecule has 0 unspecified atom stereocenters. The van der Waals surface area contributed by atoms with Crippen LogP contribution in [0.25, 0.3) is 22.4 Å². The van der Waals surface area contributed by atoms with E-state index in [0.717, 1.165) is 30.3 Å². The van der Waals surface area contributed by atoms with Gasteiger partial charge in [-0.2, -0.15) is 0 Å². The Kier molecular flexibility index (Phi) is 7.79. The average Bonchev–Trinajstić information content (AvgIpc) is 3.57. The quantitative estimate of drug-likeness (QED) is 0.340. The number of hydrogen-bond acceptors (Lipinski definition) is 7. The Morgan fingerprint density at radius 2 is 1.98 bits per heavy atom. The molecule has 1 saturated heterocycles. The number of benzene rings is 2. The first-order chi connectivity index (χ1) is 20.0. The maximum absolute atomic E-state index is 14.3. The molecule has 2 aromatic carbocycles. The van der Waals surface area contributed by atoms with Crippen molar-refractivity contribution >= 4 is 17.0 Å². The lowest BCUT2D eigenvalue weighted by molar-refractivity contribution is -0.0893. The number of hydrogen-bond donors (Lipinski definition) is 2. The normalized spacial score (nSPS) is 23.2. The number of amides is 1. The minimum atomic E-state index is -1.05. The van der Waals surface area contributed by atoms with E-state index in [2.05, 4.69) is 5.32 Å². The Balaban J connectivity index is 1.33. The number of aliphatic hydroxyl groups is 1. The summed E-state index contributed by atoms with van der Waals surface area (Å²) in [6.45, 7) is 2.47. The number of rotatable bonds is 8. The third-order valence-electron chi connectivity index (χ3n) is 8.60. The lowest BCUT2D eigenvalue weighted by atomic mass is 9.80. The van der Waals surface area contributed by atoms with Crippen LogP contribution in [0, 0.1) is 0 Å². The van der Waals surface area contributed by atoms with Crippen molar-refractivity contribution < 1.29 is 19.1 Å². The summed E-state index contributed by atoms with van der Waals surface area (Å²) in [5.74, 6) is -0.543. The van der Waals surface area contributed by atoms with Crippen LogP contribution in [0.2, 0.25) is 0 Å². The molecule has 10 heteroatoms. The van der Waals surface area contributed by atoms with Gasteiger partial charge in [0.05, 0.1) is 30.2 Å². The molecule has 2 aromatic heterocycles. The zero-order chi connectivity index (χ0) is 28.4. The molecule has 1 saturated carbocycles. The standard InChI is InChI=1S/C31H37N5O5/c1-40-20-31(39)15-8-7-13-26(31)36-21-33-27(28(36)22-9-3-2-4-10-22)29(37)34-18-16-32-19-23(34)14-17-35-24-11-5-6-12-25(24)41-30(35)38/h2-6,9-12,21,23,26,32,39H,7-8,13-20H2,1H3/t23-,26-,31-/m1/s1. The van der Waals surface area contributed by atoms with E-state index in [9.17, 15) is 14.7 Å². The molecule has 6 rings (SSSR count). The summed E-state index contributed by atoms with van der Waals surface area (Å²) in [5, 5.41) is 15.0. The molecule has 2 N–H and O–H groups in total. The third-order valence-corrected chi connectivity index (χ3v) is 8.60. The number of aryl methyl sites for hydroxylation is 1. The largest absolute Gasteiger partial charge is 0.419 e. The fourth-order valence-corrected chi connectivity index (χ4v) is 6.58. The number of carbonyl (C=O) groups is 1. The number of oxazole rings is 1. The van der Waals surface area contributed by atoms with E-state index in [4.69, 9.17) is 14.1 Å². The molecule has 1 aliphatic carbocycles. The van der Waals surface area contributed by atoms with Crippen molar-refractivity contribution in [3.63, 3.8) is 0 Å². The van der Waals surface area contributed by atoms with Gasteiger partial charge in [-0.25, -0.2) is 9.78 Å². The van der Waals surface area contributed by atoms with Crippen molar-refractivity contribution in [3.8, 4) is 11.3 Å². The van der Waals surface area contributed by atoms with Crippen molar-refractivity contribution in [2.75, 3.05) is 33.4 Å². The van der Waals surface area contributed by atoms with Crippen LogP contribution in [0.1, 0.15) is 48.6 Å². The summed E-state index contributed by atoms with van der Waals surface area (Å²) in [6, 6.07) is 16.8. The molecule has 4 aromatic rings. The van der Waals surface area contributed by atoms with Gasteiger partial charge in [0.25, 0.3) is 5.91 Å². The van der Waals surface area contributed by atoms with Gasteiger partial charge in [0.15, 0.2) is 11.3 Å².